The van der Waals surface area contributed by atoms with Crippen LogP contribution in [0.5, 0.6) is 0 Å². The standard InChI is InChI=1S/C11H20N2O4/c1-2-6-13(7-8-14)10(17)12-11(9(15)16)4-3-5-11/h14H,2-8H2,1H3,(H,12,17)(H,15,16). The highest BCUT2D eigenvalue weighted by molar-refractivity contribution is 5.87. The maximum absolute atomic E-state index is 11.9. The highest BCUT2D eigenvalue weighted by atomic mass is 16.4. The Balaban J connectivity index is 2.59. The van der Waals surface area contributed by atoms with Crippen LogP contribution in [0.2, 0.25) is 0 Å². The molecule has 0 bridgehead atoms. The van der Waals surface area contributed by atoms with Crippen LogP contribution in [0.4, 0.5) is 4.79 Å². The van der Waals surface area contributed by atoms with Crippen molar-refractivity contribution in [2.75, 3.05) is 19.7 Å². The molecule has 0 spiro atoms. The summed E-state index contributed by atoms with van der Waals surface area (Å²) in [6, 6.07) is -0.400. The largest absolute Gasteiger partial charge is 0.480 e. The van der Waals surface area contributed by atoms with Gasteiger partial charge in [-0.05, 0) is 25.7 Å². The Bertz CT molecular complexity index is 283. The monoisotopic (exact) mass is 244 g/mol. The number of nitrogens with zero attached hydrogens (tertiary/aromatic N) is 1. The quantitative estimate of drug-likeness (QED) is 0.631. The summed E-state index contributed by atoms with van der Waals surface area (Å²) < 4.78 is 0. The molecule has 6 heteroatoms. The number of carbonyl (C=O) groups is 2. The number of aliphatic carboxylic acids is 1. The Labute approximate surface area is 101 Å². The molecule has 0 aromatic rings. The van der Waals surface area contributed by atoms with E-state index in [2.05, 4.69) is 5.32 Å². The van der Waals surface area contributed by atoms with E-state index >= 15 is 0 Å². The average molecular weight is 244 g/mol. The minimum Gasteiger partial charge on any atom is -0.480 e. The molecule has 0 aliphatic heterocycles. The molecule has 1 rings (SSSR count). The second-order valence-electron chi connectivity index (χ2n) is 4.38. The number of carbonyl (C=O) groups excluding carboxylic acids is 1. The van der Waals surface area contributed by atoms with Gasteiger partial charge in [-0.1, -0.05) is 6.92 Å². The summed E-state index contributed by atoms with van der Waals surface area (Å²) in [7, 11) is 0. The number of carboxylic acids is 1. The van der Waals surface area contributed by atoms with Gasteiger partial charge < -0.3 is 20.4 Å². The van der Waals surface area contributed by atoms with E-state index in [-0.39, 0.29) is 13.2 Å². The fraction of sp³-hybridized carbons (Fsp3) is 0.818. The van der Waals surface area contributed by atoms with E-state index in [1.165, 1.54) is 4.90 Å². The lowest BCUT2D eigenvalue weighted by atomic mass is 9.77. The summed E-state index contributed by atoms with van der Waals surface area (Å²) in [4.78, 5) is 24.4. The summed E-state index contributed by atoms with van der Waals surface area (Å²) in [5.74, 6) is -0.974. The van der Waals surface area contributed by atoms with Gasteiger partial charge in [0, 0.05) is 13.1 Å². The molecule has 0 unspecified atom stereocenters. The predicted molar refractivity (Wildman–Crippen MR) is 61.7 cm³/mol. The SMILES string of the molecule is CCCN(CCO)C(=O)NC1(C(=O)O)CCC1. The number of urea groups is 1. The zero-order valence-electron chi connectivity index (χ0n) is 10.1. The molecule has 6 nitrogen and oxygen atoms in total. The number of carboxylic acid groups (broad SMARTS) is 1. The van der Waals surface area contributed by atoms with Crippen LogP contribution >= 0.6 is 0 Å². The normalized spacial score (nSPS) is 17.1. The van der Waals surface area contributed by atoms with Crippen molar-refractivity contribution in [2.24, 2.45) is 0 Å². The first-order valence-electron chi connectivity index (χ1n) is 5.97. The molecule has 0 atom stereocenters. The highest BCUT2D eigenvalue weighted by Gasteiger charge is 2.46. The third kappa shape index (κ3) is 3.09. The molecular weight excluding hydrogens is 224 g/mol. The molecule has 1 saturated carbocycles. The van der Waals surface area contributed by atoms with Crippen LogP contribution in [-0.4, -0.2) is 52.3 Å². The van der Waals surface area contributed by atoms with Crippen LogP contribution in [0.1, 0.15) is 32.6 Å². The fourth-order valence-electron chi connectivity index (χ4n) is 1.91. The molecule has 2 amide bonds. The van der Waals surface area contributed by atoms with Crippen molar-refractivity contribution in [1.29, 1.82) is 0 Å². The van der Waals surface area contributed by atoms with Gasteiger partial charge in [0.1, 0.15) is 5.54 Å². The Morgan fingerprint density at radius 1 is 1.35 bits per heavy atom. The summed E-state index contributed by atoms with van der Waals surface area (Å²) in [5, 5.41) is 20.5. The van der Waals surface area contributed by atoms with Crippen LogP contribution in [0.15, 0.2) is 0 Å². The van der Waals surface area contributed by atoms with Crippen molar-refractivity contribution in [2.45, 2.75) is 38.1 Å². The Hall–Kier alpha value is -1.30. The third-order valence-corrected chi connectivity index (χ3v) is 3.11. The van der Waals surface area contributed by atoms with Crippen LogP contribution in [0.25, 0.3) is 0 Å². The van der Waals surface area contributed by atoms with Gasteiger partial charge in [0.25, 0.3) is 0 Å². The van der Waals surface area contributed by atoms with E-state index in [1.54, 1.807) is 0 Å². The first-order chi connectivity index (χ1) is 8.05. The topological polar surface area (TPSA) is 89.9 Å². The number of hydrogen-bond donors (Lipinski definition) is 3. The number of aliphatic hydroxyl groups excluding tert-OH is 1. The smallest absolute Gasteiger partial charge is 0.329 e. The number of aliphatic hydroxyl groups is 1. The summed E-state index contributed by atoms with van der Waals surface area (Å²) in [6.07, 6.45) is 2.55. The van der Waals surface area contributed by atoms with Gasteiger partial charge in [-0.25, -0.2) is 9.59 Å². The van der Waals surface area contributed by atoms with E-state index in [9.17, 15) is 9.59 Å². The average Bonchev–Trinajstić information content (AvgIpc) is 2.22. The van der Waals surface area contributed by atoms with Gasteiger partial charge in [0.15, 0.2) is 0 Å². The van der Waals surface area contributed by atoms with Crippen LogP contribution in [0.3, 0.4) is 0 Å². The second kappa shape index (κ2) is 5.86. The molecule has 3 N–H and O–H groups in total. The van der Waals surface area contributed by atoms with Gasteiger partial charge in [-0.15, -0.1) is 0 Å². The van der Waals surface area contributed by atoms with Gasteiger partial charge >= 0.3 is 12.0 Å². The minimum atomic E-state index is -1.08. The molecule has 1 aliphatic rings. The van der Waals surface area contributed by atoms with E-state index in [1.807, 2.05) is 6.92 Å². The molecule has 98 valence electrons. The Kier molecular flexibility index (Phi) is 4.74. The lowest BCUT2D eigenvalue weighted by molar-refractivity contribution is -0.148. The third-order valence-electron chi connectivity index (χ3n) is 3.11. The van der Waals surface area contributed by atoms with Crippen LogP contribution in [-0.2, 0) is 4.79 Å². The molecule has 0 aromatic carbocycles. The Morgan fingerprint density at radius 3 is 2.35 bits per heavy atom. The zero-order valence-corrected chi connectivity index (χ0v) is 10.1. The van der Waals surface area contributed by atoms with E-state index in [0.717, 1.165) is 12.8 Å². The lowest BCUT2D eigenvalue weighted by Gasteiger charge is -2.39. The van der Waals surface area contributed by atoms with Crippen molar-refractivity contribution in [3.63, 3.8) is 0 Å². The molecule has 0 aromatic heterocycles. The summed E-state index contributed by atoms with van der Waals surface area (Å²) in [6.45, 7) is 2.55. The number of rotatable bonds is 6. The van der Waals surface area contributed by atoms with Crippen molar-refractivity contribution in [1.82, 2.24) is 10.2 Å². The first kappa shape index (κ1) is 13.8. The van der Waals surface area contributed by atoms with E-state index in [4.69, 9.17) is 10.2 Å². The maximum Gasteiger partial charge on any atom is 0.329 e. The highest BCUT2D eigenvalue weighted by Crippen LogP contribution is 2.32. The van der Waals surface area contributed by atoms with Gasteiger partial charge in [-0.3, -0.25) is 0 Å². The second-order valence-corrected chi connectivity index (χ2v) is 4.38. The van der Waals surface area contributed by atoms with Gasteiger partial charge in [0.05, 0.1) is 6.61 Å². The zero-order chi connectivity index (χ0) is 12.9. The van der Waals surface area contributed by atoms with Crippen molar-refractivity contribution in [3.05, 3.63) is 0 Å². The number of amides is 2. The molecule has 1 aliphatic carbocycles. The van der Waals surface area contributed by atoms with Gasteiger partial charge in [0.2, 0.25) is 0 Å². The molecule has 0 heterocycles. The molecule has 0 saturated heterocycles. The number of nitrogens with one attached hydrogen (secondary N) is 1. The molecule has 1 fully saturated rings. The predicted octanol–water partition coefficient (Wildman–Crippen LogP) is 0.408. The fourth-order valence-corrected chi connectivity index (χ4v) is 1.91. The lowest BCUT2D eigenvalue weighted by Crippen LogP contribution is -2.61. The molecule has 0 radical (unpaired) electrons. The first-order valence-corrected chi connectivity index (χ1v) is 5.97. The van der Waals surface area contributed by atoms with Crippen LogP contribution < -0.4 is 5.32 Å². The van der Waals surface area contributed by atoms with Crippen LogP contribution in [0, 0.1) is 0 Å². The summed E-state index contributed by atoms with van der Waals surface area (Å²) >= 11 is 0. The minimum absolute atomic E-state index is 0.118. The molecular formula is C11H20N2O4. The van der Waals surface area contributed by atoms with Gasteiger partial charge in [-0.2, -0.15) is 0 Å². The van der Waals surface area contributed by atoms with E-state index in [0.29, 0.717) is 19.4 Å². The molecule has 17 heavy (non-hydrogen) atoms. The maximum atomic E-state index is 11.9. The van der Waals surface area contributed by atoms with Crippen molar-refractivity contribution >= 4 is 12.0 Å². The summed E-state index contributed by atoms with van der Waals surface area (Å²) in [5.41, 5.74) is -1.08. The van der Waals surface area contributed by atoms with Crippen molar-refractivity contribution < 1.29 is 19.8 Å². The Morgan fingerprint density at radius 2 is 2.00 bits per heavy atom. The van der Waals surface area contributed by atoms with E-state index < -0.39 is 17.5 Å². The number of hydrogen-bond acceptors (Lipinski definition) is 3. The van der Waals surface area contributed by atoms with Crippen molar-refractivity contribution in [3.8, 4) is 0 Å².